The van der Waals surface area contributed by atoms with Gasteiger partial charge in [0.05, 0.1) is 32.6 Å². The molecule has 0 saturated carbocycles. The van der Waals surface area contributed by atoms with E-state index in [2.05, 4.69) is 10.4 Å². The van der Waals surface area contributed by atoms with Crippen LogP contribution in [-0.2, 0) is 4.79 Å². The molecule has 2 heterocycles. The number of anilines is 1. The molecule has 0 unspecified atom stereocenters. The van der Waals surface area contributed by atoms with Crippen molar-refractivity contribution in [3.63, 3.8) is 0 Å². The summed E-state index contributed by atoms with van der Waals surface area (Å²) >= 11 is 11.9. The van der Waals surface area contributed by atoms with E-state index in [1.807, 2.05) is 0 Å². The molecule has 1 aliphatic rings. The van der Waals surface area contributed by atoms with Gasteiger partial charge in [-0.25, -0.2) is 9.07 Å². The maximum absolute atomic E-state index is 13.2. The van der Waals surface area contributed by atoms with E-state index in [-0.39, 0.29) is 21.2 Å². The summed E-state index contributed by atoms with van der Waals surface area (Å²) < 4.78 is 14.6. The van der Waals surface area contributed by atoms with Crippen LogP contribution >= 0.6 is 23.2 Å². The van der Waals surface area contributed by atoms with Crippen molar-refractivity contribution in [1.82, 2.24) is 14.7 Å². The van der Waals surface area contributed by atoms with Gasteiger partial charge in [0.25, 0.3) is 11.8 Å². The summed E-state index contributed by atoms with van der Waals surface area (Å²) in [6.45, 7) is 1.22. The van der Waals surface area contributed by atoms with E-state index in [9.17, 15) is 18.8 Å². The van der Waals surface area contributed by atoms with E-state index < -0.39 is 30.1 Å². The van der Waals surface area contributed by atoms with Gasteiger partial charge in [-0.3, -0.25) is 19.3 Å². The fourth-order valence-electron chi connectivity index (χ4n) is 3.12. The van der Waals surface area contributed by atoms with Crippen molar-refractivity contribution >= 4 is 46.7 Å². The Kier molecular flexibility index (Phi) is 5.05. The standard InChI is InChI=1S/C20H13Cl2FN4O3/c1-10-6-17(27(25-10)12-4-2-11(23)3-5-12)24-18(28)9-26-19(29)13-7-15(21)16(22)8-14(13)20(26)30/h2-8H,9H2,1H3,(H,24,28). The van der Waals surface area contributed by atoms with Crippen LogP contribution in [0.3, 0.4) is 0 Å². The number of halogens is 3. The molecule has 1 N–H and O–H groups in total. The Hall–Kier alpha value is -3.23. The molecule has 7 nitrogen and oxygen atoms in total. The van der Waals surface area contributed by atoms with Crippen LogP contribution in [0.15, 0.2) is 42.5 Å². The highest BCUT2D eigenvalue weighted by molar-refractivity contribution is 6.43. The summed E-state index contributed by atoms with van der Waals surface area (Å²) in [7, 11) is 0. The number of benzene rings is 2. The first-order chi connectivity index (χ1) is 14.2. The van der Waals surface area contributed by atoms with Crippen molar-refractivity contribution in [2.24, 2.45) is 0 Å². The van der Waals surface area contributed by atoms with Crippen LogP contribution in [-0.4, -0.2) is 38.9 Å². The predicted octanol–water partition coefficient (Wildman–Crippen LogP) is 3.86. The molecule has 3 amide bonds. The molecule has 0 spiro atoms. The van der Waals surface area contributed by atoms with Gasteiger partial charge >= 0.3 is 0 Å². The van der Waals surface area contributed by atoms with Crippen molar-refractivity contribution in [3.05, 3.63) is 75.1 Å². The van der Waals surface area contributed by atoms with Gasteiger partial charge < -0.3 is 5.32 Å². The van der Waals surface area contributed by atoms with Gasteiger partial charge in [0.1, 0.15) is 18.2 Å². The summed E-state index contributed by atoms with van der Waals surface area (Å²) in [6, 6.07) is 9.79. The van der Waals surface area contributed by atoms with E-state index in [4.69, 9.17) is 23.2 Å². The lowest BCUT2D eigenvalue weighted by molar-refractivity contribution is -0.116. The second kappa shape index (κ2) is 7.55. The van der Waals surface area contributed by atoms with Crippen LogP contribution in [0.25, 0.3) is 5.69 Å². The first-order valence-corrected chi connectivity index (χ1v) is 9.48. The van der Waals surface area contributed by atoms with E-state index >= 15 is 0 Å². The monoisotopic (exact) mass is 446 g/mol. The first kappa shape index (κ1) is 20.1. The van der Waals surface area contributed by atoms with Crippen LogP contribution < -0.4 is 5.32 Å². The number of hydrogen-bond acceptors (Lipinski definition) is 4. The first-order valence-electron chi connectivity index (χ1n) is 8.72. The molecule has 30 heavy (non-hydrogen) atoms. The topological polar surface area (TPSA) is 84.3 Å². The van der Waals surface area contributed by atoms with Crippen molar-refractivity contribution in [2.45, 2.75) is 6.92 Å². The molecular formula is C20H13Cl2FN4O3. The number of aromatic nitrogens is 2. The van der Waals surface area contributed by atoms with Crippen LogP contribution in [0.1, 0.15) is 26.4 Å². The SMILES string of the molecule is Cc1cc(NC(=O)CN2C(=O)c3cc(Cl)c(Cl)cc3C2=O)n(-c2ccc(F)cc2)n1. The Morgan fingerprint density at radius 1 is 1.03 bits per heavy atom. The number of nitrogens with one attached hydrogen (secondary N) is 1. The second-order valence-electron chi connectivity index (χ2n) is 6.62. The molecule has 0 radical (unpaired) electrons. The molecule has 1 aliphatic heterocycles. The van der Waals surface area contributed by atoms with Gasteiger partial charge in [-0.2, -0.15) is 5.10 Å². The minimum Gasteiger partial charge on any atom is -0.309 e. The number of imide groups is 1. The van der Waals surface area contributed by atoms with E-state index in [0.29, 0.717) is 17.2 Å². The third-order valence-electron chi connectivity index (χ3n) is 4.48. The summed E-state index contributed by atoms with van der Waals surface area (Å²) in [5.74, 6) is -1.96. The number of hydrogen-bond donors (Lipinski definition) is 1. The lowest BCUT2D eigenvalue weighted by Crippen LogP contribution is -2.37. The maximum Gasteiger partial charge on any atom is 0.262 e. The van der Waals surface area contributed by atoms with Crippen molar-refractivity contribution < 1.29 is 18.8 Å². The summed E-state index contributed by atoms with van der Waals surface area (Å²) in [5, 5.41) is 7.19. The molecule has 4 rings (SSSR count). The molecule has 0 aliphatic carbocycles. The fraction of sp³-hybridized carbons (Fsp3) is 0.100. The molecule has 2 aromatic carbocycles. The van der Waals surface area contributed by atoms with Gasteiger partial charge in [0, 0.05) is 6.07 Å². The molecule has 0 fully saturated rings. The predicted molar refractivity (Wildman–Crippen MR) is 109 cm³/mol. The zero-order chi connectivity index (χ0) is 21.6. The minimum atomic E-state index is -0.632. The number of aryl methyl sites for hydroxylation is 1. The highest BCUT2D eigenvalue weighted by Crippen LogP contribution is 2.31. The largest absolute Gasteiger partial charge is 0.309 e. The number of fused-ring (bicyclic) bond motifs is 1. The second-order valence-corrected chi connectivity index (χ2v) is 7.43. The highest BCUT2D eigenvalue weighted by Gasteiger charge is 2.37. The molecule has 1 aromatic heterocycles. The average molecular weight is 447 g/mol. The van der Waals surface area contributed by atoms with Gasteiger partial charge in [0.2, 0.25) is 5.91 Å². The Bertz CT molecular complexity index is 1170. The molecular weight excluding hydrogens is 434 g/mol. The minimum absolute atomic E-state index is 0.0920. The van der Waals surface area contributed by atoms with E-state index in [0.717, 1.165) is 4.90 Å². The van der Waals surface area contributed by atoms with Crippen LogP contribution in [0.4, 0.5) is 10.2 Å². The normalized spacial score (nSPS) is 13.0. The highest BCUT2D eigenvalue weighted by atomic mass is 35.5. The number of carbonyl (C=O) groups is 3. The Balaban J connectivity index is 1.54. The molecule has 152 valence electrons. The van der Waals surface area contributed by atoms with Crippen LogP contribution in [0.5, 0.6) is 0 Å². The zero-order valence-electron chi connectivity index (χ0n) is 15.4. The Labute approximate surface area is 180 Å². The Morgan fingerprint density at radius 3 is 2.17 bits per heavy atom. The number of rotatable bonds is 4. The Morgan fingerprint density at radius 2 is 1.60 bits per heavy atom. The van der Waals surface area contributed by atoms with Gasteiger partial charge in [-0.1, -0.05) is 23.2 Å². The summed E-state index contributed by atoms with van der Waals surface area (Å²) in [6.07, 6.45) is 0. The van der Waals surface area contributed by atoms with Crippen LogP contribution in [0.2, 0.25) is 10.0 Å². The quantitative estimate of drug-likeness (QED) is 0.616. The number of nitrogens with zero attached hydrogens (tertiary/aromatic N) is 3. The lowest BCUT2D eigenvalue weighted by Gasteiger charge is -2.14. The van der Waals surface area contributed by atoms with Gasteiger partial charge in [0.15, 0.2) is 0 Å². The molecule has 10 heteroatoms. The molecule has 0 saturated heterocycles. The van der Waals surface area contributed by atoms with Crippen LogP contribution in [0, 0.1) is 12.7 Å². The third kappa shape index (κ3) is 3.55. The summed E-state index contributed by atoms with van der Waals surface area (Å²) in [5.41, 5.74) is 1.33. The van der Waals surface area contributed by atoms with E-state index in [1.165, 1.54) is 41.1 Å². The number of carbonyl (C=O) groups excluding carboxylic acids is 3. The summed E-state index contributed by atoms with van der Waals surface area (Å²) in [4.78, 5) is 38.5. The smallest absolute Gasteiger partial charge is 0.262 e. The fourth-order valence-corrected chi connectivity index (χ4v) is 3.45. The average Bonchev–Trinajstić information content (AvgIpc) is 3.16. The number of amides is 3. The molecule has 0 bridgehead atoms. The zero-order valence-corrected chi connectivity index (χ0v) is 17.0. The molecule has 3 aromatic rings. The molecule has 0 atom stereocenters. The van der Waals surface area contributed by atoms with Crippen molar-refractivity contribution in [2.75, 3.05) is 11.9 Å². The van der Waals surface area contributed by atoms with Gasteiger partial charge in [-0.05, 0) is 43.3 Å². The third-order valence-corrected chi connectivity index (χ3v) is 5.21. The van der Waals surface area contributed by atoms with Crippen molar-refractivity contribution in [3.8, 4) is 5.69 Å². The van der Waals surface area contributed by atoms with Crippen molar-refractivity contribution in [1.29, 1.82) is 0 Å². The lowest BCUT2D eigenvalue weighted by atomic mass is 10.1. The van der Waals surface area contributed by atoms with E-state index in [1.54, 1.807) is 13.0 Å². The van der Waals surface area contributed by atoms with Gasteiger partial charge in [-0.15, -0.1) is 0 Å². The maximum atomic E-state index is 13.2.